The van der Waals surface area contributed by atoms with Crippen molar-refractivity contribution in [2.24, 2.45) is 5.73 Å². The van der Waals surface area contributed by atoms with E-state index in [1.165, 1.54) is 31.4 Å². The summed E-state index contributed by atoms with van der Waals surface area (Å²) in [6, 6.07) is 0.447. The van der Waals surface area contributed by atoms with Crippen molar-refractivity contribution in [1.29, 1.82) is 0 Å². The van der Waals surface area contributed by atoms with E-state index < -0.39 is 0 Å². The monoisotopic (exact) mass is 173 g/mol. The maximum absolute atomic E-state index is 5.81. The van der Waals surface area contributed by atoms with Crippen LogP contribution in [0.1, 0.15) is 39.0 Å². The molecule has 66 valence electrons. The van der Waals surface area contributed by atoms with Gasteiger partial charge in [-0.1, -0.05) is 13.3 Å². The van der Waals surface area contributed by atoms with Gasteiger partial charge in [0.2, 0.25) is 0 Å². The lowest BCUT2D eigenvalue weighted by Gasteiger charge is -2.24. The summed E-state index contributed by atoms with van der Waals surface area (Å²) in [5.74, 6) is 1.28. The van der Waals surface area contributed by atoms with E-state index in [4.69, 9.17) is 5.73 Å². The Morgan fingerprint density at radius 3 is 2.73 bits per heavy atom. The van der Waals surface area contributed by atoms with Gasteiger partial charge in [0.05, 0.1) is 0 Å². The minimum absolute atomic E-state index is 0.447. The zero-order valence-corrected chi connectivity index (χ0v) is 8.20. The van der Waals surface area contributed by atoms with Crippen molar-refractivity contribution in [3.63, 3.8) is 0 Å². The summed E-state index contributed by atoms with van der Waals surface area (Å²) >= 11 is 2.13. The van der Waals surface area contributed by atoms with Crippen LogP contribution < -0.4 is 5.73 Å². The molecule has 0 spiro atoms. The first-order valence-electron chi connectivity index (χ1n) is 4.70. The van der Waals surface area contributed by atoms with Gasteiger partial charge in [-0.3, -0.25) is 0 Å². The molecular formula is C9H19NS. The topological polar surface area (TPSA) is 26.0 Å². The van der Waals surface area contributed by atoms with Crippen LogP contribution in [0.3, 0.4) is 0 Å². The third-order valence-electron chi connectivity index (χ3n) is 2.42. The molecule has 0 radical (unpaired) electrons. The van der Waals surface area contributed by atoms with Gasteiger partial charge in [-0.05, 0) is 31.4 Å². The number of rotatable bonds is 5. The van der Waals surface area contributed by atoms with Crippen LogP contribution in [0.5, 0.6) is 0 Å². The van der Waals surface area contributed by atoms with Crippen LogP contribution in [0.25, 0.3) is 0 Å². The van der Waals surface area contributed by atoms with Gasteiger partial charge < -0.3 is 5.73 Å². The highest BCUT2D eigenvalue weighted by atomic mass is 32.2. The van der Waals surface area contributed by atoms with Gasteiger partial charge in [0.15, 0.2) is 0 Å². The molecule has 1 nitrogen and oxygen atoms in total. The summed E-state index contributed by atoms with van der Waals surface area (Å²) in [6.45, 7) is 2.17. The number of thioether (sulfide) groups is 1. The fourth-order valence-electron chi connectivity index (χ4n) is 1.13. The Hall–Kier alpha value is 0.310. The van der Waals surface area contributed by atoms with Crippen LogP contribution in [0.2, 0.25) is 0 Å². The fraction of sp³-hybridized carbons (Fsp3) is 1.00. The number of hydrogen-bond donors (Lipinski definition) is 1. The molecule has 2 N–H and O–H groups in total. The molecule has 0 aromatic rings. The summed E-state index contributed by atoms with van der Waals surface area (Å²) in [4.78, 5) is 0. The Bertz CT molecular complexity index is 97.0. The molecule has 1 aliphatic rings. The Kier molecular flexibility index (Phi) is 4.31. The largest absolute Gasteiger partial charge is 0.328 e. The van der Waals surface area contributed by atoms with Crippen molar-refractivity contribution in [1.82, 2.24) is 0 Å². The average molecular weight is 173 g/mol. The van der Waals surface area contributed by atoms with E-state index in [1.807, 2.05) is 0 Å². The van der Waals surface area contributed by atoms with E-state index >= 15 is 0 Å². The minimum atomic E-state index is 0.447. The van der Waals surface area contributed by atoms with Gasteiger partial charge in [-0.15, -0.1) is 0 Å². The molecular weight excluding hydrogens is 154 g/mol. The van der Waals surface area contributed by atoms with Crippen LogP contribution >= 0.6 is 11.8 Å². The molecule has 0 amide bonds. The number of nitrogens with two attached hydrogens (primary N) is 1. The molecule has 0 heterocycles. The second-order valence-corrected chi connectivity index (χ2v) is 4.79. The quantitative estimate of drug-likeness (QED) is 0.691. The first kappa shape index (κ1) is 9.40. The van der Waals surface area contributed by atoms with Gasteiger partial charge >= 0.3 is 0 Å². The highest BCUT2D eigenvalue weighted by Gasteiger charge is 2.17. The molecule has 2 heteroatoms. The summed E-state index contributed by atoms with van der Waals surface area (Å²) < 4.78 is 0. The van der Waals surface area contributed by atoms with E-state index in [0.717, 1.165) is 11.7 Å². The van der Waals surface area contributed by atoms with Gasteiger partial charge in [-0.2, -0.15) is 11.8 Å². The molecule has 1 aliphatic carbocycles. The lowest BCUT2D eigenvalue weighted by Crippen LogP contribution is -2.21. The van der Waals surface area contributed by atoms with Gasteiger partial charge in [0, 0.05) is 11.3 Å². The molecule has 0 saturated heterocycles. The minimum Gasteiger partial charge on any atom is -0.328 e. The highest BCUT2D eigenvalue weighted by Crippen LogP contribution is 2.31. The molecule has 1 saturated carbocycles. The Morgan fingerprint density at radius 2 is 2.27 bits per heavy atom. The molecule has 11 heavy (non-hydrogen) atoms. The summed E-state index contributed by atoms with van der Waals surface area (Å²) in [6.07, 6.45) is 6.69. The van der Waals surface area contributed by atoms with E-state index in [0.29, 0.717) is 6.04 Å². The lowest BCUT2D eigenvalue weighted by molar-refractivity contribution is 0.521. The van der Waals surface area contributed by atoms with Crippen molar-refractivity contribution in [2.75, 3.05) is 5.75 Å². The van der Waals surface area contributed by atoms with Crippen molar-refractivity contribution in [3.8, 4) is 0 Å². The Morgan fingerprint density at radius 1 is 1.55 bits per heavy atom. The Labute approximate surface area is 74.1 Å². The first-order chi connectivity index (χ1) is 5.33. The summed E-state index contributed by atoms with van der Waals surface area (Å²) in [5, 5.41) is 0.985. The standard InChI is InChI=1S/C9H19NS/c1-2-8(10)6-7-11-9-4-3-5-9/h8-9H,2-7,10H2,1H3/t8-/m1/s1. The second kappa shape index (κ2) is 5.04. The third kappa shape index (κ3) is 3.48. The van der Waals surface area contributed by atoms with Crippen LogP contribution in [0.4, 0.5) is 0 Å². The molecule has 0 aromatic carbocycles. The van der Waals surface area contributed by atoms with E-state index in [-0.39, 0.29) is 0 Å². The van der Waals surface area contributed by atoms with Crippen molar-refractivity contribution < 1.29 is 0 Å². The molecule has 0 aromatic heterocycles. The molecule has 0 bridgehead atoms. The lowest BCUT2D eigenvalue weighted by atomic mass is 10.0. The van der Waals surface area contributed by atoms with E-state index in [1.54, 1.807) is 0 Å². The summed E-state index contributed by atoms with van der Waals surface area (Å²) in [5.41, 5.74) is 5.81. The van der Waals surface area contributed by atoms with Crippen LogP contribution in [-0.4, -0.2) is 17.0 Å². The zero-order valence-electron chi connectivity index (χ0n) is 7.38. The predicted molar refractivity (Wildman–Crippen MR) is 53.0 cm³/mol. The second-order valence-electron chi connectivity index (χ2n) is 3.38. The summed E-state index contributed by atoms with van der Waals surface area (Å²) in [7, 11) is 0. The zero-order chi connectivity index (χ0) is 8.10. The van der Waals surface area contributed by atoms with Crippen LogP contribution in [-0.2, 0) is 0 Å². The number of hydrogen-bond acceptors (Lipinski definition) is 2. The predicted octanol–water partition coefficient (Wildman–Crippen LogP) is 2.40. The maximum Gasteiger partial charge on any atom is 0.00470 e. The highest BCUT2D eigenvalue weighted by molar-refractivity contribution is 7.99. The molecule has 0 unspecified atom stereocenters. The Balaban J connectivity index is 1.86. The van der Waals surface area contributed by atoms with Crippen molar-refractivity contribution >= 4 is 11.8 Å². The maximum atomic E-state index is 5.81. The van der Waals surface area contributed by atoms with Gasteiger partial charge in [0.1, 0.15) is 0 Å². The molecule has 1 rings (SSSR count). The fourth-order valence-corrected chi connectivity index (χ4v) is 2.57. The van der Waals surface area contributed by atoms with Gasteiger partial charge in [0.25, 0.3) is 0 Å². The average Bonchev–Trinajstić information content (AvgIpc) is 1.94. The molecule has 1 fully saturated rings. The van der Waals surface area contributed by atoms with Gasteiger partial charge in [-0.25, -0.2) is 0 Å². The van der Waals surface area contributed by atoms with Crippen molar-refractivity contribution in [3.05, 3.63) is 0 Å². The van der Waals surface area contributed by atoms with E-state index in [9.17, 15) is 0 Å². The normalized spacial score (nSPS) is 21.3. The SMILES string of the molecule is CC[C@@H](N)CCSC1CCC1. The first-order valence-corrected chi connectivity index (χ1v) is 5.75. The smallest absolute Gasteiger partial charge is 0.00470 e. The van der Waals surface area contributed by atoms with Crippen LogP contribution in [0.15, 0.2) is 0 Å². The van der Waals surface area contributed by atoms with E-state index in [2.05, 4.69) is 18.7 Å². The van der Waals surface area contributed by atoms with Crippen LogP contribution in [0, 0.1) is 0 Å². The molecule has 1 atom stereocenters. The van der Waals surface area contributed by atoms with Crippen molar-refractivity contribution in [2.45, 2.75) is 50.3 Å². The molecule has 0 aliphatic heterocycles. The third-order valence-corrected chi connectivity index (χ3v) is 3.83.